The first kappa shape index (κ1) is 10.4. The maximum atomic E-state index is 10.6. The van der Waals surface area contributed by atoms with Gasteiger partial charge >= 0.3 is 0 Å². The van der Waals surface area contributed by atoms with Gasteiger partial charge in [0.2, 0.25) is 0 Å². The number of carbonyl (C=O) groups is 1. The van der Waals surface area contributed by atoms with Crippen molar-refractivity contribution in [3.63, 3.8) is 0 Å². The molecule has 5 nitrogen and oxygen atoms in total. The van der Waals surface area contributed by atoms with E-state index in [0.717, 1.165) is 0 Å². The van der Waals surface area contributed by atoms with Crippen LogP contribution in [-0.4, -0.2) is 30.5 Å². The molecule has 16 heavy (non-hydrogen) atoms. The van der Waals surface area contributed by atoms with Crippen LogP contribution in [0.3, 0.4) is 0 Å². The van der Waals surface area contributed by atoms with Crippen molar-refractivity contribution < 1.29 is 14.3 Å². The van der Waals surface area contributed by atoms with E-state index < -0.39 is 0 Å². The van der Waals surface area contributed by atoms with Crippen LogP contribution in [0.15, 0.2) is 18.3 Å². The molecule has 5 heteroatoms. The van der Waals surface area contributed by atoms with Crippen LogP contribution >= 0.6 is 0 Å². The zero-order valence-electron chi connectivity index (χ0n) is 8.93. The van der Waals surface area contributed by atoms with E-state index >= 15 is 0 Å². The third-order valence-electron chi connectivity index (χ3n) is 2.20. The Balaban J connectivity index is 2.77. The molecule has 0 bridgehead atoms. The van der Waals surface area contributed by atoms with Crippen LogP contribution in [0, 0.1) is 0 Å². The Kier molecular flexibility index (Phi) is 2.68. The Morgan fingerprint density at radius 3 is 2.69 bits per heavy atom. The minimum absolute atomic E-state index is 0.263. The second-order valence-corrected chi connectivity index (χ2v) is 3.08. The van der Waals surface area contributed by atoms with Gasteiger partial charge in [-0.2, -0.15) is 0 Å². The normalized spacial score (nSPS) is 10.1. The molecule has 1 aromatic carbocycles. The van der Waals surface area contributed by atoms with Crippen molar-refractivity contribution in [3.05, 3.63) is 24.0 Å². The molecule has 2 aromatic rings. The molecule has 1 aromatic heterocycles. The second kappa shape index (κ2) is 4.14. The van der Waals surface area contributed by atoms with E-state index in [2.05, 4.69) is 9.97 Å². The van der Waals surface area contributed by atoms with Gasteiger partial charge in [0.25, 0.3) is 0 Å². The Hall–Kier alpha value is -2.17. The van der Waals surface area contributed by atoms with Gasteiger partial charge in [0, 0.05) is 0 Å². The highest BCUT2D eigenvalue weighted by Gasteiger charge is 2.11. The zero-order chi connectivity index (χ0) is 11.5. The molecule has 82 valence electrons. The van der Waals surface area contributed by atoms with E-state index in [1.807, 2.05) is 0 Å². The van der Waals surface area contributed by atoms with Gasteiger partial charge in [-0.05, 0) is 12.1 Å². The van der Waals surface area contributed by atoms with Crippen molar-refractivity contribution in [3.8, 4) is 11.5 Å². The number of carbonyl (C=O) groups excluding carboxylic acids is 1. The van der Waals surface area contributed by atoms with Gasteiger partial charge in [-0.1, -0.05) is 0 Å². The van der Waals surface area contributed by atoms with Crippen molar-refractivity contribution in [2.24, 2.45) is 0 Å². The van der Waals surface area contributed by atoms with Crippen LogP contribution in [-0.2, 0) is 0 Å². The van der Waals surface area contributed by atoms with Crippen molar-refractivity contribution in [2.75, 3.05) is 14.2 Å². The Labute approximate surface area is 92.0 Å². The van der Waals surface area contributed by atoms with E-state index in [1.54, 1.807) is 19.2 Å². The number of ether oxygens (including phenoxy) is 2. The molecule has 0 saturated heterocycles. The lowest BCUT2D eigenvalue weighted by molar-refractivity contribution is 0.111. The topological polar surface area (TPSA) is 61.3 Å². The van der Waals surface area contributed by atoms with Gasteiger partial charge in [-0.3, -0.25) is 9.78 Å². The monoisotopic (exact) mass is 218 g/mol. The number of hydrogen-bond acceptors (Lipinski definition) is 5. The Morgan fingerprint density at radius 2 is 2.06 bits per heavy atom. The Bertz CT molecular complexity index is 540. The lowest BCUT2D eigenvalue weighted by atomic mass is 10.2. The molecule has 0 radical (unpaired) electrons. The zero-order valence-corrected chi connectivity index (χ0v) is 8.93. The van der Waals surface area contributed by atoms with Crippen molar-refractivity contribution in [2.45, 2.75) is 0 Å². The van der Waals surface area contributed by atoms with E-state index in [0.29, 0.717) is 28.8 Å². The predicted molar refractivity (Wildman–Crippen MR) is 58.0 cm³/mol. The average Bonchev–Trinajstić information content (AvgIpc) is 2.36. The largest absolute Gasteiger partial charge is 0.493 e. The first-order valence-corrected chi connectivity index (χ1v) is 4.63. The van der Waals surface area contributed by atoms with Crippen LogP contribution < -0.4 is 9.47 Å². The quantitative estimate of drug-likeness (QED) is 0.730. The molecule has 0 atom stereocenters. The van der Waals surface area contributed by atoms with E-state index in [9.17, 15) is 4.79 Å². The number of fused-ring (bicyclic) bond motifs is 1. The number of rotatable bonds is 3. The molecule has 0 amide bonds. The van der Waals surface area contributed by atoms with Gasteiger partial charge < -0.3 is 9.47 Å². The summed E-state index contributed by atoms with van der Waals surface area (Å²) in [5, 5.41) is 0. The molecule has 0 saturated carbocycles. The number of methoxy groups -OCH3 is 2. The summed E-state index contributed by atoms with van der Waals surface area (Å²) in [4.78, 5) is 18.9. The Morgan fingerprint density at radius 1 is 1.25 bits per heavy atom. The van der Waals surface area contributed by atoms with Crippen LogP contribution in [0.2, 0.25) is 0 Å². The number of aldehydes is 1. The molecular weight excluding hydrogens is 208 g/mol. The SMILES string of the molecule is COc1ccc2ncc(C=O)nc2c1OC. The average molecular weight is 218 g/mol. The summed E-state index contributed by atoms with van der Waals surface area (Å²) in [7, 11) is 3.06. The highest BCUT2D eigenvalue weighted by atomic mass is 16.5. The van der Waals surface area contributed by atoms with Crippen molar-refractivity contribution >= 4 is 17.3 Å². The molecular formula is C11H10N2O3. The summed E-state index contributed by atoms with van der Waals surface area (Å²) >= 11 is 0. The number of aromatic nitrogens is 2. The molecule has 0 fully saturated rings. The van der Waals surface area contributed by atoms with Crippen LogP contribution in [0.25, 0.3) is 11.0 Å². The van der Waals surface area contributed by atoms with Gasteiger partial charge in [-0.25, -0.2) is 4.98 Å². The lowest BCUT2D eigenvalue weighted by Gasteiger charge is -2.09. The fourth-order valence-electron chi connectivity index (χ4n) is 1.46. The van der Waals surface area contributed by atoms with Crippen LogP contribution in [0.4, 0.5) is 0 Å². The predicted octanol–water partition coefficient (Wildman–Crippen LogP) is 1.46. The number of nitrogens with zero attached hydrogens (tertiary/aromatic N) is 2. The second-order valence-electron chi connectivity index (χ2n) is 3.08. The van der Waals surface area contributed by atoms with Crippen molar-refractivity contribution in [1.82, 2.24) is 9.97 Å². The molecule has 0 N–H and O–H groups in total. The van der Waals surface area contributed by atoms with Crippen LogP contribution in [0.5, 0.6) is 11.5 Å². The molecule has 0 spiro atoms. The smallest absolute Gasteiger partial charge is 0.188 e. The molecule has 2 rings (SSSR count). The molecule has 0 aliphatic heterocycles. The highest BCUT2D eigenvalue weighted by Crippen LogP contribution is 2.32. The van der Waals surface area contributed by atoms with Gasteiger partial charge in [-0.15, -0.1) is 0 Å². The molecule has 1 heterocycles. The van der Waals surface area contributed by atoms with E-state index in [1.165, 1.54) is 13.3 Å². The maximum Gasteiger partial charge on any atom is 0.188 e. The van der Waals surface area contributed by atoms with Crippen molar-refractivity contribution in [1.29, 1.82) is 0 Å². The van der Waals surface area contributed by atoms with Crippen LogP contribution in [0.1, 0.15) is 10.5 Å². The summed E-state index contributed by atoms with van der Waals surface area (Å²) in [5.74, 6) is 1.04. The summed E-state index contributed by atoms with van der Waals surface area (Å²) in [6.07, 6.45) is 2.06. The fraction of sp³-hybridized carbons (Fsp3) is 0.182. The number of benzene rings is 1. The van der Waals surface area contributed by atoms with E-state index in [4.69, 9.17) is 9.47 Å². The summed E-state index contributed by atoms with van der Waals surface area (Å²) in [6.45, 7) is 0. The summed E-state index contributed by atoms with van der Waals surface area (Å²) in [5.41, 5.74) is 1.44. The molecule has 0 aliphatic carbocycles. The first-order chi connectivity index (χ1) is 7.80. The molecule has 0 unspecified atom stereocenters. The van der Waals surface area contributed by atoms with Gasteiger partial charge in [0.1, 0.15) is 11.2 Å². The maximum absolute atomic E-state index is 10.6. The van der Waals surface area contributed by atoms with Gasteiger partial charge in [0.15, 0.2) is 17.8 Å². The lowest BCUT2D eigenvalue weighted by Crippen LogP contribution is -1.96. The third-order valence-corrected chi connectivity index (χ3v) is 2.20. The summed E-state index contributed by atoms with van der Waals surface area (Å²) < 4.78 is 10.3. The highest BCUT2D eigenvalue weighted by molar-refractivity contribution is 5.86. The minimum Gasteiger partial charge on any atom is -0.493 e. The van der Waals surface area contributed by atoms with Gasteiger partial charge in [0.05, 0.1) is 25.9 Å². The first-order valence-electron chi connectivity index (χ1n) is 4.63. The van der Waals surface area contributed by atoms with E-state index in [-0.39, 0.29) is 5.69 Å². The minimum atomic E-state index is 0.263. The fourth-order valence-corrected chi connectivity index (χ4v) is 1.46. The molecule has 0 aliphatic rings. The third kappa shape index (κ3) is 1.56. The standard InChI is InChI=1S/C11H10N2O3/c1-15-9-4-3-8-10(11(9)16-2)13-7(6-14)5-12-8/h3-6H,1-2H3. The number of hydrogen-bond donors (Lipinski definition) is 0. The summed E-state index contributed by atoms with van der Waals surface area (Å²) in [6, 6.07) is 3.51.